The molecular formula is C23H20N4O4S. The Morgan fingerprint density at radius 3 is 2.62 bits per heavy atom. The van der Waals surface area contributed by atoms with Gasteiger partial charge in [0, 0.05) is 30.6 Å². The Balaban J connectivity index is 1.45. The van der Waals surface area contributed by atoms with E-state index >= 15 is 0 Å². The molecule has 0 fully saturated rings. The Labute approximate surface area is 187 Å². The highest BCUT2D eigenvalue weighted by atomic mass is 32.1. The zero-order valence-electron chi connectivity index (χ0n) is 17.1. The van der Waals surface area contributed by atoms with Gasteiger partial charge in [0.15, 0.2) is 0 Å². The van der Waals surface area contributed by atoms with Gasteiger partial charge in [0.05, 0.1) is 5.39 Å². The molecule has 0 atom stereocenters. The van der Waals surface area contributed by atoms with Crippen molar-refractivity contribution < 1.29 is 19.8 Å². The van der Waals surface area contributed by atoms with Crippen molar-refractivity contribution in [3.05, 3.63) is 66.5 Å². The van der Waals surface area contributed by atoms with Gasteiger partial charge >= 0.3 is 5.97 Å². The van der Waals surface area contributed by atoms with E-state index in [0.29, 0.717) is 12.2 Å². The minimum atomic E-state index is -1.27. The highest BCUT2D eigenvalue weighted by molar-refractivity contribution is 7.21. The smallest absolute Gasteiger partial charge is 0.339 e. The fraction of sp³-hybridized carbons (Fsp3) is 0.130. The fourth-order valence-electron chi connectivity index (χ4n) is 3.28. The fourth-order valence-corrected chi connectivity index (χ4v) is 4.27. The monoisotopic (exact) mass is 448 g/mol. The molecule has 2 aromatic heterocycles. The molecule has 0 unspecified atom stereocenters. The molecule has 4 aromatic rings. The molecule has 2 heterocycles. The van der Waals surface area contributed by atoms with E-state index in [-0.39, 0.29) is 23.6 Å². The molecule has 4 rings (SSSR count). The van der Waals surface area contributed by atoms with E-state index in [1.807, 2.05) is 42.3 Å². The Hall–Kier alpha value is -3.98. The van der Waals surface area contributed by atoms with Crippen molar-refractivity contribution in [2.24, 2.45) is 0 Å². The summed E-state index contributed by atoms with van der Waals surface area (Å²) >= 11 is 1.59. The topological polar surface area (TPSA) is 116 Å². The van der Waals surface area contributed by atoms with Crippen molar-refractivity contribution in [2.45, 2.75) is 6.42 Å². The van der Waals surface area contributed by atoms with Gasteiger partial charge in [-0.3, -0.25) is 4.79 Å². The molecule has 0 saturated heterocycles. The number of carboxylic acids is 1. The second kappa shape index (κ2) is 9.03. The van der Waals surface area contributed by atoms with Crippen LogP contribution in [-0.4, -0.2) is 45.6 Å². The minimum absolute atomic E-state index is 0.168. The number of aromatic hydroxyl groups is 1. The van der Waals surface area contributed by atoms with Crippen LogP contribution in [-0.2, 0) is 4.79 Å². The number of carboxylic acid groups (broad SMARTS) is 1. The van der Waals surface area contributed by atoms with Crippen LogP contribution < -0.4 is 10.2 Å². The summed E-state index contributed by atoms with van der Waals surface area (Å²) in [4.78, 5) is 36.2. The predicted octanol–water partition coefficient (Wildman–Crippen LogP) is 4.23. The largest absolute Gasteiger partial charge is 0.507 e. The molecule has 0 aliphatic heterocycles. The maximum Gasteiger partial charge on any atom is 0.339 e. The van der Waals surface area contributed by atoms with Gasteiger partial charge in [0.25, 0.3) is 0 Å². The van der Waals surface area contributed by atoms with Gasteiger partial charge in [0.2, 0.25) is 5.91 Å². The Bertz CT molecular complexity index is 1290. The number of hydrogen-bond acceptors (Lipinski definition) is 7. The number of fused-ring (bicyclic) bond motifs is 1. The van der Waals surface area contributed by atoms with Crippen molar-refractivity contribution in [2.75, 3.05) is 23.8 Å². The average Bonchev–Trinajstić information content (AvgIpc) is 3.23. The molecule has 0 bridgehead atoms. The molecule has 0 radical (unpaired) electrons. The maximum absolute atomic E-state index is 12.4. The normalized spacial score (nSPS) is 10.8. The van der Waals surface area contributed by atoms with E-state index in [9.17, 15) is 14.7 Å². The van der Waals surface area contributed by atoms with Crippen molar-refractivity contribution in [1.82, 2.24) is 9.97 Å². The number of aromatic nitrogens is 2. The molecule has 1 amide bonds. The number of rotatable bonds is 7. The van der Waals surface area contributed by atoms with Crippen molar-refractivity contribution in [3.63, 3.8) is 0 Å². The lowest BCUT2D eigenvalue weighted by Crippen LogP contribution is -2.24. The molecule has 0 aliphatic rings. The number of benzene rings is 2. The van der Waals surface area contributed by atoms with Crippen LogP contribution in [0.2, 0.25) is 0 Å². The predicted molar refractivity (Wildman–Crippen MR) is 124 cm³/mol. The highest BCUT2D eigenvalue weighted by Gasteiger charge is 2.15. The third-order valence-corrected chi connectivity index (χ3v) is 6.01. The second-order valence-corrected chi connectivity index (χ2v) is 8.18. The summed E-state index contributed by atoms with van der Waals surface area (Å²) in [6.45, 7) is 0.401. The van der Waals surface area contributed by atoms with Gasteiger partial charge < -0.3 is 20.4 Å². The molecule has 162 valence electrons. The van der Waals surface area contributed by atoms with Gasteiger partial charge in [0.1, 0.15) is 28.3 Å². The van der Waals surface area contributed by atoms with Gasteiger partial charge in [-0.25, -0.2) is 14.8 Å². The van der Waals surface area contributed by atoms with Gasteiger partial charge in [-0.05, 0) is 29.8 Å². The minimum Gasteiger partial charge on any atom is -0.507 e. The molecule has 0 spiro atoms. The number of amides is 1. The number of nitrogens with one attached hydrogen (secondary N) is 1. The number of phenols is 1. The summed E-state index contributed by atoms with van der Waals surface area (Å²) < 4.78 is 0. The number of anilines is 2. The Morgan fingerprint density at radius 1 is 1.09 bits per heavy atom. The highest BCUT2D eigenvalue weighted by Crippen LogP contribution is 2.35. The summed E-state index contributed by atoms with van der Waals surface area (Å²) in [5.74, 6) is -1.16. The number of nitrogens with zero attached hydrogens (tertiary/aromatic N) is 3. The van der Waals surface area contributed by atoms with Crippen LogP contribution in [0.4, 0.5) is 11.5 Å². The van der Waals surface area contributed by atoms with E-state index in [0.717, 1.165) is 26.5 Å². The molecule has 0 aliphatic carbocycles. The van der Waals surface area contributed by atoms with Crippen molar-refractivity contribution in [1.29, 1.82) is 0 Å². The van der Waals surface area contributed by atoms with Crippen molar-refractivity contribution >= 4 is 44.9 Å². The molecule has 8 nitrogen and oxygen atoms in total. The average molecular weight is 449 g/mol. The summed E-state index contributed by atoms with van der Waals surface area (Å²) in [6.07, 6.45) is 1.68. The van der Waals surface area contributed by atoms with Crippen LogP contribution in [0.1, 0.15) is 16.8 Å². The number of carbonyl (C=O) groups is 2. The summed E-state index contributed by atoms with van der Waals surface area (Å²) in [6, 6.07) is 16.0. The summed E-state index contributed by atoms with van der Waals surface area (Å²) in [5, 5.41) is 22.3. The van der Waals surface area contributed by atoms with Crippen LogP contribution in [0.3, 0.4) is 0 Å². The lowest BCUT2D eigenvalue weighted by Gasteiger charge is -2.18. The van der Waals surface area contributed by atoms with E-state index in [2.05, 4.69) is 21.4 Å². The third kappa shape index (κ3) is 4.52. The van der Waals surface area contributed by atoms with Gasteiger partial charge in [-0.2, -0.15) is 0 Å². The van der Waals surface area contributed by atoms with E-state index in [1.165, 1.54) is 24.5 Å². The SMILES string of the molecule is CN(CCC(=O)Nc1ccc(O)c(C(=O)O)c1)c1ncnc2sc(-c3ccccc3)cc12. The quantitative estimate of drug-likeness (QED) is 0.362. The molecule has 32 heavy (non-hydrogen) atoms. The molecule has 0 saturated carbocycles. The van der Waals surface area contributed by atoms with Crippen LogP contribution in [0.15, 0.2) is 60.9 Å². The first-order chi connectivity index (χ1) is 15.4. The van der Waals surface area contributed by atoms with Crippen molar-refractivity contribution in [3.8, 4) is 16.2 Å². The zero-order chi connectivity index (χ0) is 22.7. The standard InChI is InChI=1S/C23H20N4O4S/c1-27(10-9-20(29)26-15-7-8-18(28)16(11-15)23(30)31)21-17-12-19(14-5-3-2-4-6-14)32-22(17)25-13-24-21/h2-8,11-13,28H,9-10H2,1H3,(H,26,29)(H,30,31). The number of thiophene rings is 1. The third-order valence-electron chi connectivity index (χ3n) is 4.91. The lowest BCUT2D eigenvalue weighted by molar-refractivity contribution is -0.116. The van der Waals surface area contributed by atoms with E-state index < -0.39 is 5.97 Å². The molecule has 3 N–H and O–H groups in total. The second-order valence-electron chi connectivity index (χ2n) is 7.15. The first-order valence-electron chi connectivity index (χ1n) is 9.79. The Kier molecular flexibility index (Phi) is 6.00. The molecule has 9 heteroatoms. The first-order valence-corrected chi connectivity index (χ1v) is 10.6. The summed E-state index contributed by atoms with van der Waals surface area (Å²) in [7, 11) is 1.86. The molecule has 2 aromatic carbocycles. The number of hydrogen-bond donors (Lipinski definition) is 3. The van der Waals surface area contributed by atoms with Crippen LogP contribution in [0.5, 0.6) is 5.75 Å². The van der Waals surface area contributed by atoms with E-state index in [1.54, 1.807) is 11.3 Å². The summed E-state index contributed by atoms with van der Waals surface area (Å²) in [5.41, 5.74) is 1.15. The zero-order valence-corrected chi connectivity index (χ0v) is 18.0. The molecular weight excluding hydrogens is 428 g/mol. The van der Waals surface area contributed by atoms with Crippen LogP contribution >= 0.6 is 11.3 Å². The lowest BCUT2D eigenvalue weighted by atomic mass is 10.1. The first kappa shape index (κ1) is 21.3. The van der Waals surface area contributed by atoms with Gasteiger partial charge in [-0.15, -0.1) is 11.3 Å². The van der Waals surface area contributed by atoms with E-state index in [4.69, 9.17) is 5.11 Å². The van der Waals surface area contributed by atoms with Crippen LogP contribution in [0.25, 0.3) is 20.7 Å². The number of aromatic carboxylic acids is 1. The Morgan fingerprint density at radius 2 is 1.88 bits per heavy atom. The maximum atomic E-state index is 12.4. The van der Waals surface area contributed by atoms with Crippen LogP contribution in [0, 0.1) is 0 Å². The van der Waals surface area contributed by atoms with Gasteiger partial charge in [-0.1, -0.05) is 30.3 Å². The number of carbonyl (C=O) groups excluding carboxylic acids is 1.